The van der Waals surface area contributed by atoms with Crippen LogP contribution in [0, 0.1) is 0 Å². The number of hydrogen-bond acceptors (Lipinski definition) is 4. The molecule has 2 aromatic rings. The summed E-state index contributed by atoms with van der Waals surface area (Å²) in [5, 5.41) is 10.9. The first-order valence-electron chi connectivity index (χ1n) is 8.63. The molecule has 1 fully saturated rings. The van der Waals surface area contributed by atoms with E-state index >= 15 is 0 Å². The van der Waals surface area contributed by atoms with Crippen molar-refractivity contribution in [2.45, 2.75) is 45.3 Å². The molecule has 7 heteroatoms. The number of hydrogen-bond donors (Lipinski definition) is 1. The van der Waals surface area contributed by atoms with Crippen LogP contribution in [0.2, 0.25) is 0 Å². The van der Waals surface area contributed by atoms with Gasteiger partial charge in [-0.3, -0.25) is 9.59 Å². The standard InChI is InChI=1S/C18H23N5O2/c1-14(23-10-5-8-17(23)24)18(25)19-12-16-21-20-13-22(16)11-9-15-6-3-2-4-7-15/h2-4,6-7,13-14H,5,8-12H2,1H3,(H,19,25)/t14-/m0/s1. The van der Waals surface area contributed by atoms with Gasteiger partial charge in [-0.15, -0.1) is 10.2 Å². The molecule has 1 aromatic carbocycles. The summed E-state index contributed by atoms with van der Waals surface area (Å²) in [5.74, 6) is 0.603. The minimum absolute atomic E-state index is 0.0497. The maximum atomic E-state index is 12.3. The number of nitrogens with one attached hydrogen (secondary N) is 1. The highest BCUT2D eigenvalue weighted by Gasteiger charge is 2.29. The Morgan fingerprint density at radius 3 is 2.84 bits per heavy atom. The number of rotatable bonds is 7. The molecular formula is C18H23N5O2. The van der Waals surface area contributed by atoms with Gasteiger partial charge in [0, 0.05) is 19.5 Å². The van der Waals surface area contributed by atoms with Crippen molar-refractivity contribution in [3.8, 4) is 0 Å². The predicted molar refractivity (Wildman–Crippen MR) is 92.4 cm³/mol. The van der Waals surface area contributed by atoms with Crippen LogP contribution < -0.4 is 5.32 Å². The number of nitrogens with zero attached hydrogens (tertiary/aromatic N) is 4. The zero-order valence-corrected chi connectivity index (χ0v) is 14.4. The summed E-state index contributed by atoms with van der Waals surface area (Å²) in [5.41, 5.74) is 1.24. The van der Waals surface area contributed by atoms with Crippen molar-refractivity contribution in [3.05, 3.63) is 48.0 Å². The number of likely N-dealkylation sites (tertiary alicyclic amines) is 1. The van der Waals surface area contributed by atoms with Gasteiger partial charge in [-0.25, -0.2) is 0 Å². The zero-order chi connectivity index (χ0) is 17.6. The molecule has 1 N–H and O–H groups in total. The van der Waals surface area contributed by atoms with E-state index in [0.29, 0.717) is 25.3 Å². The Hall–Kier alpha value is -2.70. The van der Waals surface area contributed by atoms with Crippen LogP contribution in [0.4, 0.5) is 0 Å². The van der Waals surface area contributed by atoms with Crippen LogP contribution in [-0.4, -0.2) is 44.1 Å². The highest BCUT2D eigenvalue weighted by molar-refractivity contribution is 5.88. The third kappa shape index (κ3) is 4.23. The lowest BCUT2D eigenvalue weighted by molar-refractivity contribution is -0.136. The van der Waals surface area contributed by atoms with Crippen LogP contribution >= 0.6 is 0 Å². The Labute approximate surface area is 147 Å². The molecule has 25 heavy (non-hydrogen) atoms. The Bertz CT molecular complexity index is 728. The Kier molecular flexibility index (Phi) is 5.42. The maximum absolute atomic E-state index is 12.3. The Morgan fingerprint density at radius 1 is 1.32 bits per heavy atom. The van der Waals surface area contributed by atoms with E-state index in [1.165, 1.54) is 5.56 Å². The molecule has 0 bridgehead atoms. The average molecular weight is 341 g/mol. The Balaban J connectivity index is 1.52. The molecule has 0 spiro atoms. The van der Waals surface area contributed by atoms with Crippen molar-refractivity contribution in [1.29, 1.82) is 0 Å². The number of aryl methyl sites for hydroxylation is 2. The molecule has 2 amide bonds. The lowest BCUT2D eigenvalue weighted by atomic mass is 10.1. The molecule has 1 aliphatic heterocycles. The predicted octanol–water partition coefficient (Wildman–Crippen LogP) is 1.15. The molecule has 132 valence electrons. The van der Waals surface area contributed by atoms with E-state index in [-0.39, 0.29) is 11.8 Å². The first kappa shape index (κ1) is 17.1. The molecule has 3 rings (SSSR count). The average Bonchev–Trinajstić information content (AvgIpc) is 3.26. The van der Waals surface area contributed by atoms with Crippen molar-refractivity contribution in [1.82, 2.24) is 25.0 Å². The molecule has 0 unspecified atom stereocenters. The van der Waals surface area contributed by atoms with Crippen LogP contribution in [0.5, 0.6) is 0 Å². The van der Waals surface area contributed by atoms with Crippen LogP contribution in [0.15, 0.2) is 36.7 Å². The van der Waals surface area contributed by atoms with Gasteiger partial charge >= 0.3 is 0 Å². The van der Waals surface area contributed by atoms with Crippen molar-refractivity contribution in [3.63, 3.8) is 0 Å². The molecule has 1 aliphatic rings. The molecular weight excluding hydrogens is 318 g/mol. The monoisotopic (exact) mass is 341 g/mol. The van der Waals surface area contributed by atoms with Crippen LogP contribution in [-0.2, 0) is 29.1 Å². The maximum Gasteiger partial charge on any atom is 0.242 e. The van der Waals surface area contributed by atoms with Crippen molar-refractivity contribution >= 4 is 11.8 Å². The molecule has 2 heterocycles. The van der Waals surface area contributed by atoms with Crippen molar-refractivity contribution < 1.29 is 9.59 Å². The van der Waals surface area contributed by atoms with E-state index in [2.05, 4.69) is 27.6 Å². The van der Waals surface area contributed by atoms with Gasteiger partial charge in [0.25, 0.3) is 0 Å². The van der Waals surface area contributed by atoms with Gasteiger partial charge in [0.05, 0.1) is 6.54 Å². The van der Waals surface area contributed by atoms with Gasteiger partial charge < -0.3 is 14.8 Å². The fraction of sp³-hybridized carbons (Fsp3) is 0.444. The molecule has 0 aliphatic carbocycles. The van der Waals surface area contributed by atoms with Crippen LogP contribution in [0.25, 0.3) is 0 Å². The van der Waals surface area contributed by atoms with E-state index in [1.54, 1.807) is 18.2 Å². The van der Waals surface area contributed by atoms with Gasteiger partial charge in [-0.1, -0.05) is 30.3 Å². The SMILES string of the molecule is C[C@@H](C(=O)NCc1nncn1CCc1ccccc1)N1CCCC1=O. The van der Waals surface area contributed by atoms with E-state index in [4.69, 9.17) is 0 Å². The quantitative estimate of drug-likeness (QED) is 0.819. The normalized spacial score (nSPS) is 15.4. The van der Waals surface area contributed by atoms with E-state index in [9.17, 15) is 9.59 Å². The molecule has 7 nitrogen and oxygen atoms in total. The summed E-state index contributed by atoms with van der Waals surface area (Å²) < 4.78 is 1.94. The third-order valence-electron chi connectivity index (χ3n) is 4.56. The molecule has 0 saturated carbocycles. The van der Waals surface area contributed by atoms with Crippen LogP contribution in [0.1, 0.15) is 31.2 Å². The van der Waals surface area contributed by atoms with Crippen LogP contribution in [0.3, 0.4) is 0 Å². The number of carbonyl (C=O) groups excluding carboxylic acids is 2. The van der Waals surface area contributed by atoms with Gasteiger partial charge in [0.15, 0.2) is 5.82 Å². The van der Waals surface area contributed by atoms with Gasteiger partial charge in [0.2, 0.25) is 11.8 Å². The second-order valence-electron chi connectivity index (χ2n) is 6.26. The highest BCUT2D eigenvalue weighted by Crippen LogP contribution is 2.13. The number of carbonyl (C=O) groups is 2. The minimum Gasteiger partial charge on any atom is -0.347 e. The van der Waals surface area contributed by atoms with Gasteiger partial charge in [0.1, 0.15) is 12.4 Å². The molecule has 1 aromatic heterocycles. The summed E-state index contributed by atoms with van der Waals surface area (Å²) >= 11 is 0. The van der Waals surface area contributed by atoms with Gasteiger partial charge in [-0.2, -0.15) is 0 Å². The summed E-state index contributed by atoms with van der Waals surface area (Å²) in [6.45, 7) is 3.47. The zero-order valence-electron chi connectivity index (χ0n) is 14.4. The fourth-order valence-electron chi connectivity index (χ4n) is 3.03. The minimum atomic E-state index is -0.448. The topological polar surface area (TPSA) is 80.1 Å². The summed E-state index contributed by atoms with van der Waals surface area (Å²) in [4.78, 5) is 25.7. The number of aromatic nitrogens is 3. The second kappa shape index (κ2) is 7.92. The van der Waals surface area contributed by atoms with E-state index in [0.717, 1.165) is 19.4 Å². The van der Waals surface area contributed by atoms with Gasteiger partial charge in [-0.05, 0) is 25.3 Å². The van der Waals surface area contributed by atoms with E-state index in [1.807, 2.05) is 22.8 Å². The molecule has 1 saturated heterocycles. The highest BCUT2D eigenvalue weighted by atomic mass is 16.2. The summed E-state index contributed by atoms with van der Waals surface area (Å²) in [6.07, 6.45) is 3.91. The first-order chi connectivity index (χ1) is 12.1. The van der Waals surface area contributed by atoms with E-state index < -0.39 is 6.04 Å². The lowest BCUT2D eigenvalue weighted by Gasteiger charge is -2.23. The summed E-state index contributed by atoms with van der Waals surface area (Å²) in [6, 6.07) is 9.75. The second-order valence-corrected chi connectivity index (χ2v) is 6.26. The first-order valence-corrected chi connectivity index (χ1v) is 8.63. The number of benzene rings is 1. The lowest BCUT2D eigenvalue weighted by Crippen LogP contribution is -2.45. The largest absolute Gasteiger partial charge is 0.347 e. The third-order valence-corrected chi connectivity index (χ3v) is 4.56. The van der Waals surface area contributed by atoms with Crippen molar-refractivity contribution in [2.75, 3.05) is 6.54 Å². The number of amides is 2. The van der Waals surface area contributed by atoms with Crippen molar-refractivity contribution in [2.24, 2.45) is 0 Å². The Morgan fingerprint density at radius 2 is 2.12 bits per heavy atom. The fourth-order valence-corrected chi connectivity index (χ4v) is 3.03. The smallest absolute Gasteiger partial charge is 0.242 e. The molecule has 1 atom stereocenters. The molecule has 0 radical (unpaired) electrons. The summed E-state index contributed by atoms with van der Waals surface area (Å²) in [7, 11) is 0.